The Kier molecular flexibility index (Phi) is 4.15. The van der Waals surface area contributed by atoms with Gasteiger partial charge in [0.2, 0.25) is 0 Å². The van der Waals surface area contributed by atoms with Gasteiger partial charge in [0, 0.05) is 23.4 Å². The quantitative estimate of drug-likeness (QED) is 0.884. The molecule has 1 aromatic heterocycles. The molecule has 0 spiro atoms. The molecule has 1 fully saturated rings. The Morgan fingerprint density at radius 2 is 2.05 bits per heavy atom. The third kappa shape index (κ3) is 3.70. The van der Waals surface area contributed by atoms with Gasteiger partial charge in [0.25, 0.3) is 5.91 Å². The summed E-state index contributed by atoms with van der Waals surface area (Å²) >= 11 is 0. The molecule has 1 saturated carbocycles. The first kappa shape index (κ1) is 14.3. The van der Waals surface area contributed by atoms with E-state index in [1.54, 1.807) is 6.20 Å². The summed E-state index contributed by atoms with van der Waals surface area (Å²) in [5.41, 5.74) is 1.73. The van der Waals surface area contributed by atoms with Gasteiger partial charge in [-0.3, -0.25) is 4.79 Å². The van der Waals surface area contributed by atoms with Crippen molar-refractivity contribution in [3.63, 3.8) is 0 Å². The van der Waals surface area contributed by atoms with Crippen LogP contribution in [0.1, 0.15) is 36.0 Å². The Bertz CT molecular complexity index is 727. The summed E-state index contributed by atoms with van der Waals surface area (Å²) < 4.78 is 0. The molecule has 1 unspecified atom stereocenters. The van der Waals surface area contributed by atoms with Crippen LogP contribution in [-0.4, -0.2) is 15.9 Å². The molecule has 0 aliphatic heterocycles. The molecular weight excluding hydrogens is 274 g/mol. The summed E-state index contributed by atoms with van der Waals surface area (Å²) in [6.07, 6.45) is 3.91. The van der Waals surface area contributed by atoms with Crippen molar-refractivity contribution in [3.05, 3.63) is 59.7 Å². The van der Waals surface area contributed by atoms with Gasteiger partial charge in [0.05, 0.1) is 6.04 Å². The topological polar surface area (TPSA) is 54.9 Å². The van der Waals surface area contributed by atoms with E-state index in [0.29, 0.717) is 11.7 Å². The average Bonchev–Trinajstić information content (AvgIpc) is 3.36. The van der Waals surface area contributed by atoms with E-state index in [1.807, 2.05) is 43.3 Å². The van der Waals surface area contributed by atoms with E-state index >= 15 is 0 Å². The number of nitrogens with one attached hydrogen (secondary N) is 1. The monoisotopic (exact) mass is 291 g/mol. The molecule has 1 N–H and O–H groups in total. The van der Waals surface area contributed by atoms with Gasteiger partial charge >= 0.3 is 0 Å². The van der Waals surface area contributed by atoms with Gasteiger partial charge in [-0.25, -0.2) is 9.97 Å². The lowest BCUT2D eigenvalue weighted by Gasteiger charge is -2.15. The number of benzene rings is 1. The normalized spacial score (nSPS) is 14.6. The summed E-state index contributed by atoms with van der Waals surface area (Å²) in [6, 6.07) is 11.2. The lowest BCUT2D eigenvalue weighted by atomic mass is 10.1. The third-order valence-corrected chi connectivity index (χ3v) is 3.57. The second kappa shape index (κ2) is 6.40. The SMILES string of the molecule is Cc1ccnc(C(NC(=O)C#Cc2ccccc2)C2CC2)n1. The summed E-state index contributed by atoms with van der Waals surface area (Å²) in [4.78, 5) is 20.8. The number of aryl methyl sites for hydroxylation is 1. The van der Waals surface area contributed by atoms with Gasteiger partial charge in [-0.2, -0.15) is 0 Å². The second-order valence-electron chi connectivity index (χ2n) is 5.46. The van der Waals surface area contributed by atoms with Crippen LogP contribution < -0.4 is 5.32 Å². The van der Waals surface area contributed by atoms with Crippen LogP contribution in [0.25, 0.3) is 0 Å². The van der Waals surface area contributed by atoms with E-state index in [2.05, 4.69) is 27.1 Å². The third-order valence-electron chi connectivity index (χ3n) is 3.57. The molecule has 3 rings (SSSR count). The first-order valence-corrected chi connectivity index (χ1v) is 7.39. The van der Waals surface area contributed by atoms with Crippen LogP contribution in [0.15, 0.2) is 42.6 Å². The van der Waals surface area contributed by atoms with Crippen LogP contribution in [0.3, 0.4) is 0 Å². The van der Waals surface area contributed by atoms with Crippen LogP contribution in [-0.2, 0) is 4.79 Å². The van der Waals surface area contributed by atoms with Crippen molar-refractivity contribution >= 4 is 5.91 Å². The molecule has 1 heterocycles. The molecule has 22 heavy (non-hydrogen) atoms. The minimum Gasteiger partial charge on any atom is -0.335 e. The average molecular weight is 291 g/mol. The summed E-state index contributed by atoms with van der Waals surface area (Å²) in [5.74, 6) is 6.32. The molecule has 1 aliphatic carbocycles. The van der Waals surface area contributed by atoms with E-state index in [9.17, 15) is 4.79 Å². The van der Waals surface area contributed by atoms with Gasteiger partial charge in [-0.1, -0.05) is 24.1 Å². The Hall–Kier alpha value is -2.67. The Morgan fingerprint density at radius 1 is 1.27 bits per heavy atom. The molecule has 0 bridgehead atoms. The molecule has 0 saturated heterocycles. The summed E-state index contributed by atoms with van der Waals surface area (Å²) in [5, 5.41) is 2.96. The lowest BCUT2D eigenvalue weighted by Crippen LogP contribution is -2.30. The fourth-order valence-electron chi connectivity index (χ4n) is 2.27. The standard InChI is InChI=1S/C18H17N3O/c1-13-11-12-19-18(20-13)17(15-8-9-15)21-16(22)10-7-14-5-3-2-4-6-14/h2-6,11-12,15,17H,8-9H2,1H3,(H,21,22). The van der Waals surface area contributed by atoms with Crippen molar-refractivity contribution in [2.24, 2.45) is 5.92 Å². The molecule has 4 nitrogen and oxygen atoms in total. The molecule has 110 valence electrons. The zero-order chi connectivity index (χ0) is 15.4. The zero-order valence-electron chi connectivity index (χ0n) is 12.4. The molecule has 2 aromatic rings. The van der Waals surface area contributed by atoms with Crippen molar-refractivity contribution in [1.29, 1.82) is 0 Å². The molecule has 1 aliphatic rings. The van der Waals surface area contributed by atoms with Crippen LogP contribution in [0.2, 0.25) is 0 Å². The predicted octanol–water partition coefficient (Wildman–Crippen LogP) is 2.40. The van der Waals surface area contributed by atoms with Crippen LogP contribution in [0, 0.1) is 24.7 Å². The maximum atomic E-state index is 12.1. The number of hydrogen-bond donors (Lipinski definition) is 1. The van der Waals surface area contributed by atoms with Gasteiger partial charge in [0.15, 0.2) is 5.82 Å². The fourth-order valence-corrected chi connectivity index (χ4v) is 2.27. The minimum atomic E-state index is -0.286. The van der Waals surface area contributed by atoms with E-state index in [-0.39, 0.29) is 11.9 Å². The van der Waals surface area contributed by atoms with Crippen molar-refractivity contribution in [1.82, 2.24) is 15.3 Å². The first-order chi connectivity index (χ1) is 10.7. The van der Waals surface area contributed by atoms with Crippen molar-refractivity contribution in [3.8, 4) is 11.8 Å². The summed E-state index contributed by atoms with van der Waals surface area (Å²) in [7, 11) is 0. The van der Waals surface area contributed by atoms with Crippen molar-refractivity contribution in [2.45, 2.75) is 25.8 Å². The van der Waals surface area contributed by atoms with E-state index < -0.39 is 0 Å². The molecule has 4 heteroatoms. The van der Waals surface area contributed by atoms with Gasteiger partial charge in [0.1, 0.15) is 0 Å². The van der Waals surface area contributed by atoms with E-state index in [0.717, 1.165) is 24.1 Å². The highest BCUT2D eigenvalue weighted by Gasteiger charge is 2.35. The first-order valence-electron chi connectivity index (χ1n) is 7.39. The molecule has 0 radical (unpaired) electrons. The highest BCUT2D eigenvalue weighted by Crippen LogP contribution is 2.39. The van der Waals surface area contributed by atoms with Gasteiger partial charge in [-0.05, 0) is 43.9 Å². The Balaban J connectivity index is 1.72. The van der Waals surface area contributed by atoms with E-state index in [4.69, 9.17) is 0 Å². The largest absolute Gasteiger partial charge is 0.335 e. The number of nitrogens with zero attached hydrogens (tertiary/aromatic N) is 2. The maximum absolute atomic E-state index is 12.1. The number of rotatable bonds is 3. The van der Waals surface area contributed by atoms with Crippen LogP contribution in [0.5, 0.6) is 0 Å². The number of hydrogen-bond acceptors (Lipinski definition) is 3. The number of carbonyl (C=O) groups excluding carboxylic acids is 1. The van der Waals surface area contributed by atoms with Gasteiger partial charge < -0.3 is 5.32 Å². The smallest absolute Gasteiger partial charge is 0.296 e. The molecule has 1 amide bonds. The van der Waals surface area contributed by atoms with Crippen LogP contribution >= 0.6 is 0 Å². The summed E-state index contributed by atoms with van der Waals surface area (Å²) in [6.45, 7) is 1.92. The van der Waals surface area contributed by atoms with Gasteiger partial charge in [-0.15, -0.1) is 0 Å². The molecular formula is C18H17N3O. The zero-order valence-corrected chi connectivity index (χ0v) is 12.4. The van der Waals surface area contributed by atoms with Crippen molar-refractivity contribution < 1.29 is 4.79 Å². The lowest BCUT2D eigenvalue weighted by molar-refractivity contribution is -0.116. The number of carbonyl (C=O) groups is 1. The Morgan fingerprint density at radius 3 is 2.73 bits per heavy atom. The second-order valence-corrected chi connectivity index (χ2v) is 5.46. The van der Waals surface area contributed by atoms with E-state index in [1.165, 1.54) is 0 Å². The van der Waals surface area contributed by atoms with Crippen LogP contribution in [0.4, 0.5) is 0 Å². The molecule has 1 aromatic carbocycles. The highest BCUT2D eigenvalue weighted by molar-refractivity contribution is 5.94. The Labute approximate surface area is 130 Å². The maximum Gasteiger partial charge on any atom is 0.296 e. The van der Waals surface area contributed by atoms with Crippen molar-refractivity contribution in [2.75, 3.05) is 0 Å². The minimum absolute atomic E-state index is 0.141. The fraction of sp³-hybridized carbons (Fsp3) is 0.278. The highest BCUT2D eigenvalue weighted by atomic mass is 16.1. The number of amides is 1. The predicted molar refractivity (Wildman–Crippen MR) is 83.7 cm³/mol. The number of aromatic nitrogens is 2. The molecule has 1 atom stereocenters.